The summed E-state index contributed by atoms with van der Waals surface area (Å²) in [7, 11) is 0. The molecule has 4 heteroatoms. The van der Waals surface area contributed by atoms with E-state index in [1.54, 1.807) is 18.2 Å². The zero-order valence-electron chi connectivity index (χ0n) is 8.69. The largest absolute Gasteiger partial charge is 0.478 e. The maximum absolute atomic E-state index is 11.1. The number of halogens is 1. The van der Waals surface area contributed by atoms with Gasteiger partial charge in [0.25, 0.3) is 0 Å². The van der Waals surface area contributed by atoms with Crippen molar-refractivity contribution in [2.45, 2.75) is 6.42 Å². The van der Waals surface area contributed by atoms with Crippen LogP contribution in [-0.4, -0.2) is 24.2 Å². The molecule has 0 radical (unpaired) electrons. The van der Waals surface area contributed by atoms with Crippen LogP contribution in [0.3, 0.4) is 0 Å². The van der Waals surface area contributed by atoms with Gasteiger partial charge in [0.2, 0.25) is 0 Å². The van der Waals surface area contributed by atoms with Gasteiger partial charge in [-0.05, 0) is 24.6 Å². The van der Waals surface area contributed by atoms with E-state index in [1.807, 2.05) is 11.0 Å². The minimum Gasteiger partial charge on any atom is -0.478 e. The van der Waals surface area contributed by atoms with E-state index < -0.39 is 5.97 Å². The number of nitrogens with zero attached hydrogens (tertiary/aromatic N) is 1. The summed E-state index contributed by atoms with van der Waals surface area (Å²) in [4.78, 5) is 13.1. The van der Waals surface area contributed by atoms with Crippen LogP contribution in [0, 0.1) is 0 Å². The third kappa shape index (κ3) is 2.19. The van der Waals surface area contributed by atoms with Crippen LogP contribution in [0.25, 0.3) is 0 Å². The number of rotatable bonds is 2. The highest BCUT2D eigenvalue weighted by molar-refractivity contribution is 6.31. The van der Waals surface area contributed by atoms with Gasteiger partial charge in [-0.1, -0.05) is 23.8 Å². The topological polar surface area (TPSA) is 40.5 Å². The first-order valence-electron chi connectivity index (χ1n) is 5.11. The summed E-state index contributed by atoms with van der Waals surface area (Å²) in [5.74, 6) is -0.916. The molecule has 1 aromatic rings. The fraction of sp³-hybridized carbons (Fsp3) is 0.250. The lowest BCUT2D eigenvalue weighted by Gasteiger charge is -2.27. The van der Waals surface area contributed by atoms with Gasteiger partial charge in [-0.2, -0.15) is 0 Å². The Morgan fingerprint density at radius 2 is 2.19 bits per heavy atom. The molecule has 84 valence electrons. The van der Waals surface area contributed by atoms with Crippen molar-refractivity contribution in [2.75, 3.05) is 18.0 Å². The van der Waals surface area contributed by atoms with Gasteiger partial charge in [-0.15, -0.1) is 0 Å². The third-order valence-electron chi connectivity index (χ3n) is 2.59. The Hall–Kier alpha value is -1.48. The van der Waals surface area contributed by atoms with Crippen LogP contribution in [-0.2, 0) is 0 Å². The highest BCUT2D eigenvalue weighted by Gasteiger charge is 2.16. The van der Waals surface area contributed by atoms with Gasteiger partial charge in [0, 0.05) is 18.1 Å². The minimum atomic E-state index is -0.916. The molecule has 3 nitrogen and oxygen atoms in total. The highest BCUT2D eigenvalue weighted by atomic mass is 35.5. The zero-order valence-corrected chi connectivity index (χ0v) is 9.44. The highest BCUT2D eigenvalue weighted by Crippen LogP contribution is 2.26. The number of carboxylic acid groups (broad SMARTS) is 1. The summed E-state index contributed by atoms with van der Waals surface area (Å²) in [6.07, 6.45) is 5.07. The minimum absolute atomic E-state index is 0.305. The molecule has 0 saturated carbocycles. The first kappa shape index (κ1) is 11.0. The van der Waals surface area contributed by atoms with Gasteiger partial charge in [-0.3, -0.25) is 0 Å². The van der Waals surface area contributed by atoms with Crippen LogP contribution in [0.5, 0.6) is 0 Å². The fourth-order valence-corrected chi connectivity index (χ4v) is 1.97. The van der Waals surface area contributed by atoms with E-state index in [4.69, 9.17) is 16.7 Å². The lowest BCUT2D eigenvalue weighted by molar-refractivity contribution is 0.0697. The Kier molecular flexibility index (Phi) is 3.15. The molecule has 0 bridgehead atoms. The molecule has 0 unspecified atom stereocenters. The Morgan fingerprint density at radius 1 is 1.38 bits per heavy atom. The molecule has 0 aromatic heterocycles. The van der Waals surface area contributed by atoms with E-state index >= 15 is 0 Å². The number of carbonyl (C=O) groups is 1. The molecule has 1 N–H and O–H groups in total. The number of aromatic carboxylic acids is 1. The first-order valence-corrected chi connectivity index (χ1v) is 5.49. The molecule has 2 rings (SSSR count). The second kappa shape index (κ2) is 4.58. The Balaban J connectivity index is 2.40. The van der Waals surface area contributed by atoms with E-state index in [-0.39, 0.29) is 0 Å². The van der Waals surface area contributed by atoms with E-state index in [2.05, 4.69) is 6.08 Å². The van der Waals surface area contributed by atoms with Crippen molar-refractivity contribution in [3.63, 3.8) is 0 Å². The molecule has 16 heavy (non-hydrogen) atoms. The predicted molar refractivity (Wildman–Crippen MR) is 64.4 cm³/mol. The second-order valence-corrected chi connectivity index (χ2v) is 4.11. The normalized spacial score (nSPS) is 15.2. The molecule has 0 amide bonds. The molecule has 1 aromatic carbocycles. The quantitative estimate of drug-likeness (QED) is 0.805. The van der Waals surface area contributed by atoms with Crippen LogP contribution in [0.4, 0.5) is 5.69 Å². The standard InChI is InChI=1S/C12H12ClNO2/c13-9-4-5-10(12(15)16)11(8-9)14-6-2-1-3-7-14/h1-2,4-5,8H,3,6-7H2,(H,15,16). The summed E-state index contributed by atoms with van der Waals surface area (Å²) in [6.45, 7) is 1.57. The van der Waals surface area contributed by atoms with Gasteiger partial charge in [-0.25, -0.2) is 4.79 Å². The molecule has 1 aliphatic heterocycles. The molecular weight excluding hydrogens is 226 g/mol. The summed E-state index contributed by atoms with van der Waals surface area (Å²) in [6, 6.07) is 4.87. The van der Waals surface area contributed by atoms with Gasteiger partial charge < -0.3 is 10.0 Å². The van der Waals surface area contributed by atoms with Crippen LogP contribution in [0.1, 0.15) is 16.8 Å². The number of carboxylic acids is 1. The first-order chi connectivity index (χ1) is 7.68. The second-order valence-electron chi connectivity index (χ2n) is 3.67. The fourth-order valence-electron chi connectivity index (χ4n) is 1.81. The maximum atomic E-state index is 11.1. The Bertz CT molecular complexity index is 443. The summed E-state index contributed by atoms with van der Waals surface area (Å²) in [5, 5.41) is 9.66. The Morgan fingerprint density at radius 3 is 2.81 bits per heavy atom. The SMILES string of the molecule is O=C(O)c1ccc(Cl)cc1N1CC=CCC1. The van der Waals surface area contributed by atoms with Crippen LogP contribution >= 0.6 is 11.6 Å². The summed E-state index contributed by atoms with van der Waals surface area (Å²) >= 11 is 5.90. The summed E-state index contributed by atoms with van der Waals surface area (Å²) < 4.78 is 0. The average molecular weight is 238 g/mol. The molecule has 1 aliphatic rings. The van der Waals surface area contributed by atoms with Crippen LogP contribution in [0.2, 0.25) is 5.02 Å². The van der Waals surface area contributed by atoms with Crippen molar-refractivity contribution in [2.24, 2.45) is 0 Å². The summed E-state index contributed by atoms with van der Waals surface area (Å²) in [5.41, 5.74) is 1.00. The van der Waals surface area contributed by atoms with Crippen molar-refractivity contribution >= 4 is 23.3 Å². The van der Waals surface area contributed by atoms with E-state index in [1.165, 1.54) is 0 Å². The molecule has 1 heterocycles. The van der Waals surface area contributed by atoms with Crippen molar-refractivity contribution < 1.29 is 9.90 Å². The molecule has 0 saturated heterocycles. The van der Waals surface area contributed by atoms with Gasteiger partial charge in [0.1, 0.15) is 0 Å². The number of benzene rings is 1. The maximum Gasteiger partial charge on any atom is 0.337 e. The Labute approximate surface area is 98.9 Å². The van der Waals surface area contributed by atoms with Crippen molar-refractivity contribution in [3.8, 4) is 0 Å². The lowest BCUT2D eigenvalue weighted by atomic mass is 10.1. The lowest BCUT2D eigenvalue weighted by Crippen LogP contribution is -2.28. The third-order valence-corrected chi connectivity index (χ3v) is 2.82. The molecule has 0 atom stereocenters. The monoisotopic (exact) mass is 237 g/mol. The van der Waals surface area contributed by atoms with E-state index in [9.17, 15) is 4.79 Å². The smallest absolute Gasteiger partial charge is 0.337 e. The zero-order chi connectivity index (χ0) is 11.5. The van der Waals surface area contributed by atoms with Crippen molar-refractivity contribution in [1.82, 2.24) is 0 Å². The van der Waals surface area contributed by atoms with Crippen molar-refractivity contribution in [3.05, 3.63) is 40.9 Å². The van der Waals surface area contributed by atoms with Crippen LogP contribution < -0.4 is 4.90 Å². The molecule has 0 aliphatic carbocycles. The van der Waals surface area contributed by atoms with Gasteiger partial charge in [0.05, 0.1) is 11.3 Å². The average Bonchev–Trinajstić information content (AvgIpc) is 2.29. The van der Waals surface area contributed by atoms with Crippen molar-refractivity contribution in [1.29, 1.82) is 0 Å². The predicted octanol–water partition coefficient (Wildman–Crippen LogP) is 2.80. The van der Waals surface area contributed by atoms with E-state index in [0.717, 1.165) is 19.5 Å². The number of hydrogen-bond donors (Lipinski definition) is 1. The molecule has 0 spiro atoms. The van der Waals surface area contributed by atoms with Gasteiger partial charge in [0.15, 0.2) is 0 Å². The van der Waals surface area contributed by atoms with E-state index in [0.29, 0.717) is 16.3 Å². The number of hydrogen-bond acceptors (Lipinski definition) is 2. The molecule has 0 fully saturated rings. The van der Waals surface area contributed by atoms with Gasteiger partial charge >= 0.3 is 5.97 Å². The van der Waals surface area contributed by atoms with Crippen LogP contribution in [0.15, 0.2) is 30.4 Å². The number of anilines is 1. The molecular formula is C12H12ClNO2.